The number of halogens is 3. The number of alkyl halides is 3. The van der Waals surface area contributed by atoms with Crippen molar-refractivity contribution in [2.24, 2.45) is 12.0 Å². The Balaban J connectivity index is 2.20. The van der Waals surface area contributed by atoms with E-state index in [9.17, 15) is 21.6 Å². The van der Waals surface area contributed by atoms with E-state index in [1.807, 2.05) is 24.5 Å². The van der Waals surface area contributed by atoms with E-state index in [-0.39, 0.29) is 27.9 Å². The van der Waals surface area contributed by atoms with Crippen molar-refractivity contribution in [2.75, 3.05) is 24.4 Å². The first kappa shape index (κ1) is 28.5. The highest BCUT2D eigenvalue weighted by atomic mass is 32.2. The van der Waals surface area contributed by atoms with Crippen LogP contribution in [0, 0.1) is 6.92 Å². The quantitative estimate of drug-likeness (QED) is 0.241. The zero-order chi connectivity index (χ0) is 27.4. The lowest BCUT2D eigenvalue weighted by molar-refractivity contribution is -0.0912. The Bertz CT molecular complexity index is 1430. The van der Waals surface area contributed by atoms with E-state index < -0.39 is 21.7 Å². The van der Waals surface area contributed by atoms with Crippen LogP contribution in [0.1, 0.15) is 18.3 Å². The molecule has 0 radical (unpaired) electrons. The van der Waals surface area contributed by atoms with Crippen molar-refractivity contribution in [3.63, 3.8) is 0 Å². The Morgan fingerprint density at radius 2 is 2.00 bits per heavy atom. The van der Waals surface area contributed by atoms with Gasteiger partial charge in [-0.05, 0) is 38.1 Å². The van der Waals surface area contributed by atoms with Crippen molar-refractivity contribution >= 4 is 34.4 Å². The molecule has 37 heavy (non-hydrogen) atoms. The van der Waals surface area contributed by atoms with E-state index in [1.54, 1.807) is 31.8 Å². The van der Waals surface area contributed by atoms with E-state index in [0.717, 1.165) is 11.8 Å². The first-order valence-electron chi connectivity index (χ1n) is 11.2. The molecule has 0 aliphatic heterocycles. The normalized spacial score (nSPS) is 12.6. The lowest BCUT2D eigenvalue weighted by Gasteiger charge is -2.14. The van der Waals surface area contributed by atoms with Crippen molar-refractivity contribution in [1.82, 2.24) is 14.5 Å². The molecule has 0 aliphatic carbocycles. The summed E-state index contributed by atoms with van der Waals surface area (Å²) in [6.45, 7) is 6.55. The zero-order valence-corrected chi connectivity index (χ0v) is 22.5. The van der Waals surface area contributed by atoms with E-state index >= 15 is 0 Å². The number of aromatic nitrogens is 3. The molecule has 0 unspecified atom stereocenters. The van der Waals surface area contributed by atoms with Crippen LogP contribution < -0.4 is 4.74 Å². The Labute approximate surface area is 218 Å². The number of thioether (sulfide) groups is 1. The van der Waals surface area contributed by atoms with Gasteiger partial charge in [-0.25, -0.2) is 13.4 Å². The van der Waals surface area contributed by atoms with Crippen LogP contribution in [0.2, 0.25) is 0 Å². The van der Waals surface area contributed by atoms with Gasteiger partial charge in [0, 0.05) is 35.8 Å². The van der Waals surface area contributed by atoms with Crippen LogP contribution in [-0.4, -0.2) is 60.2 Å². The molecule has 3 aromatic rings. The number of hydrogen-bond donors (Lipinski definition) is 0. The van der Waals surface area contributed by atoms with Crippen LogP contribution in [0.25, 0.3) is 28.7 Å². The monoisotopic (exact) mass is 552 g/mol. The third-order valence-corrected chi connectivity index (χ3v) is 7.99. The summed E-state index contributed by atoms with van der Waals surface area (Å²) in [5.74, 6) is 1.28. The largest absolute Gasteiger partial charge is 0.492 e. The summed E-state index contributed by atoms with van der Waals surface area (Å²) >= 11 is 1.64. The number of rotatable bonds is 10. The predicted octanol–water partition coefficient (Wildman–Crippen LogP) is 5.60. The fraction of sp³-hybridized carbons (Fsp3) is 0.320. The maximum absolute atomic E-state index is 13.2. The van der Waals surface area contributed by atoms with E-state index in [0.29, 0.717) is 29.2 Å². The standard InChI is InChI=1S/C25H27F3N4O3S2/c1-6-37(33,34)21-13-17(18-9-7-8-10-20(18)35-11-12-36-5)15-30-23(21)24-31-19(16(2)32(24)4)14-22(29-3)25(26,27)28/h7-10,13-15H,3,6,11-12H2,1-2,4-5H3/b22-14-. The smallest absolute Gasteiger partial charge is 0.433 e. The third kappa shape index (κ3) is 6.24. The SMILES string of the molecule is C=N/C(=C\c1nc(-c2ncc(-c3ccccc3OCCSC)cc2S(=O)(=O)CC)n(C)c1C)C(F)(F)F. The second-order valence-corrected chi connectivity index (χ2v) is 11.2. The molecular formula is C25H27F3N4O3S2. The summed E-state index contributed by atoms with van der Waals surface area (Å²) < 4.78 is 73.4. The van der Waals surface area contributed by atoms with E-state index in [2.05, 4.69) is 21.7 Å². The molecule has 0 N–H and O–H groups in total. The average Bonchev–Trinajstić information content (AvgIpc) is 3.15. The number of benzene rings is 1. The Hall–Kier alpha value is -3.12. The molecule has 3 rings (SSSR count). The lowest BCUT2D eigenvalue weighted by Crippen LogP contribution is -2.09. The molecule has 1 aromatic carbocycles. The number of hydrogen-bond acceptors (Lipinski definition) is 7. The molecule has 12 heteroatoms. The number of para-hydroxylation sites is 1. The highest BCUT2D eigenvalue weighted by Gasteiger charge is 2.34. The molecule has 0 atom stereocenters. The number of aliphatic imine (C=N–C) groups is 1. The van der Waals surface area contributed by atoms with Gasteiger partial charge in [-0.3, -0.25) is 9.98 Å². The van der Waals surface area contributed by atoms with Crippen LogP contribution in [0.15, 0.2) is 52.1 Å². The maximum Gasteiger partial charge on any atom is 0.433 e. The molecule has 198 valence electrons. The summed E-state index contributed by atoms with van der Waals surface area (Å²) in [6.07, 6.45) is -0.463. The van der Waals surface area contributed by atoms with Gasteiger partial charge < -0.3 is 9.30 Å². The number of allylic oxidation sites excluding steroid dienone is 1. The van der Waals surface area contributed by atoms with Crippen LogP contribution in [-0.2, 0) is 16.9 Å². The molecule has 0 amide bonds. The van der Waals surface area contributed by atoms with E-state index in [1.165, 1.54) is 23.8 Å². The van der Waals surface area contributed by atoms with Crippen molar-refractivity contribution in [3.8, 4) is 28.4 Å². The average molecular weight is 553 g/mol. The van der Waals surface area contributed by atoms with Crippen molar-refractivity contribution in [1.29, 1.82) is 0 Å². The molecule has 2 heterocycles. The number of imidazole rings is 1. The third-order valence-electron chi connectivity index (χ3n) is 5.67. The van der Waals surface area contributed by atoms with Gasteiger partial charge in [0.1, 0.15) is 17.1 Å². The van der Waals surface area contributed by atoms with Gasteiger partial charge in [0.05, 0.1) is 22.9 Å². The van der Waals surface area contributed by atoms with Crippen LogP contribution in [0.5, 0.6) is 5.75 Å². The summed E-state index contributed by atoms with van der Waals surface area (Å²) in [6, 6.07) is 8.74. The van der Waals surface area contributed by atoms with Crippen LogP contribution in [0.3, 0.4) is 0 Å². The molecule has 0 aliphatic rings. The second kappa shape index (κ2) is 11.5. The maximum atomic E-state index is 13.2. The molecule has 0 spiro atoms. The van der Waals surface area contributed by atoms with Gasteiger partial charge >= 0.3 is 6.18 Å². The van der Waals surface area contributed by atoms with Gasteiger partial charge in [0.25, 0.3) is 0 Å². The van der Waals surface area contributed by atoms with Crippen molar-refractivity contribution in [2.45, 2.75) is 24.9 Å². The lowest BCUT2D eigenvalue weighted by atomic mass is 10.1. The fourth-order valence-electron chi connectivity index (χ4n) is 3.51. The number of nitrogens with zero attached hydrogens (tertiary/aromatic N) is 4. The Morgan fingerprint density at radius 1 is 1.30 bits per heavy atom. The number of sulfone groups is 1. The summed E-state index contributed by atoms with van der Waals surface area (Å²) in [4.78, 5) is 11.7. The highest BCUT2D eigenvalue weighted by Crippen LogP contribution is 2.35. The molecule has 0 fully saturated rings. The Kier molecular flexibility index (Phi) is 8.85. The van der Waals surface area contributed by atoms with Gasteiger partial charge in [0.15, 0.2) is 15.7 Å². The second-order valence-electron chi connectivity index (χ2n) is 7.96. The van der Waals surface area contributed by atoms with Gasteiger partial charge in [-0.15, -0.1) is 0 Å². The topological polar surface area (TPSA) is 86.4 Å². The molecule has 7 nitrogen and oxygen atoms in total. The summed E-state index contributed by atoms with van der Waals surface area (Å²) in [7, 11) is -2.22. The van der Waals surface area contributed by atoms with Crippen LogP contribution >= 0.6 is 11.8 Å². The number of pyridine rings is 1. The van der Waals surface area contributed by atoms with Gasteiger partial charge in [0.2, 0.25) is 0 Å². The van der Waals surface area contributed by atoms with E-state index in [4.69, 9.17) is 4.74 Å². The summed E-state index contributed by atoms with van der Waals surface area (Å²) in [5, 5.41) is 0. The van der Waals surface area contributed by atoms with Crippen LogP contribution in [0.4, 0.5) is 13.2 Å². The van der Waals surface area contributed by atoms with Crippen molar-refractivity contribution < 1.29 is 26.3 Å². The summed E-state index contributed by atoms with van der Waals surface area (Å²) in [5.41, 5.74) is 0.382. The first-order valence-corrected chi connectivity index (χ1v) is 14.2. The predicted molar refractivity (Wildman–Crippen MR) is 142 cm³/mol. The molecule has 2 aromatic heterocycles. The Morgan fingerprint density at radius 3 is 2.62 bits per heavy atom. The fourth-order valence-corrected chi connectivity index (χ4v) is 4.82. The van der Waals surface area contributed by atoms with Crippen molar-refractivity contribution in [3.05, 3.63) is 53.6 Å². The minimum atomic E-state index is -4.71. The molecule has 0 saturated heterocycles. The minimum absolute atomic E-state index is 0.0181. The minimum Gasteiger partial charge on any atom is -0.492 e. The van der Waals surface area contributed by atoms with Gasteiger partial charge in [-0.2, -0.15) is 24.9 Å². The first-order chi connectivity index (χ1) is 17.4. The molecular weight excluding hydrogens is 525 g/mol. The zero-order valence-electron chi connectivity index (χ0n) is 20.8. The molecule has 0 bridgehead atoms. The van der Waals surface area contributed by atoms with Gasteiger partial charge in [-0.1, -0.05) is 25.1 Å². The molecule has 0 saturated carbocycles. The number of ether oxygens (including phenoxy) is 1. The highest BCUT2D eigenvalue weighted by molar-refractivity contribution is 7.98.